The third kappa shape index (κ3) is 4.06. The Kier molecular flexibility index (Phi) is 5.97. The van der Waals surface area contributed by atoms with E-state index in [4.69, 9.17) is 6.42 Å². The molecule has 64 valence electrons. The molecule has 0 saturated heterocycles. The van der Waals surface area contributed by atoms with Crippen LogP contribution in [0.5, 0.6) is 0 Å². The number of terminal acetylenes is 1. The van der Waals surface area contributed by atoms with E-state index in [-0.39, 0.29) is 6.04 Å². The van der Waals surface area contributed by atoms with Crippen molar-refractivity contribution in [2.24, 2.45) is 5.92 Å². The zero-order chi connectivity index (χ0) is 8.69. The van der Waals surface area contributed by atoms with Gasteiger partial charge in [0.2, 0.25) is 0 Å². The molecule has 0 spiro atoms. The topological polar surface area (TPSA) is 12.0 Å². The molecule has 0 amide bonds. The Hall–Kier alpha value is -0.480. The van der Waals surface area contributed by atoms with Crippen molar-refractivity contribution in [2.75, 3.05) is 6.54 Å². The zero-order valence-electron chi connectivity index (χ0n) is 7.85. The van der Waals surface area contributed by atoms with E-state index in [2.05, 4.69) is 32.0 Å². The lowest BCUT2D eigenvalue weighted by Crippen LogP contribution is -2.33. The van der Waals surface area contributed by atoms with Gasteiger partial charge in [0.15, 0.2) is 0 Å². The van der Waals surface area contributed by atoms with Gasteiger partial charge < -0.3 is 5.32 Å². The van der Waals surface area contributed by atoms with Crippen LogP contribution in [0.3, 0.4) is 0 Å². The lowest BCUT2D eigenvalue weighted by molar-refractivity contribution is 0.423. The second-order valence-corrected chi connectivity index (χ2v) is 2.97. The normalized spacial score (nSPS) is 15.5. The van der Waals surface area contributed by atoms with E-state index in [0.29, 0.717) is 5.92 Å². The molecule has 2 atom stereocenters. The van der Waals surface area contributed by atoms with Gasteiger partial charge in [-0.1, -0.05) is 33.1 Å². The number of nitrogens with one attached hydrogen (secondary N) is 1. The molecule has 0 aliphatic heterocycles. The molecule has 1 heteroatoms. The van der Waals surface area contributed by atoms with E-state index < -0.39 is 0 Å². The van der Waals surface area contributed by atoms with Crippen molar-refractivity contribution in [3.8, 4) is 12.3 Å². The van der Waals surface area contributed by atoms with Crippen LogP contribution in [0.15, 0.2) is 0 Å². The van der Waals surface area contributed by atoms with Crippen LogP contribution < -0.4 is 5.32 Å². The zero-order valence-corrected chi connectivity index (χ0v) is 7.85. The van der Waals surface area contributed by atoms with Crippen molar-refractivity contribution in [2.45, 2.75) is 39.7 Å². The summed E-state index contributed by atoms with van der Waals surface area (Å²) in [6, 6.07) is 0.264. The highest BCUT2D eigenvalue weighted by Crippen LogP contribution is 2.09. The molecule has 0 aromatic carbocycles. The van der Waals surface area contributed by atoms with E-state index in [1.807, 2.05) is 0 Å². The minimum absolute atomic E-state index is 0.264. The first-order chi connectivity index (χ1) is 5.26. The largest absolute Gasteiger partial charge is 0.304 e. The van der Waals surface area contributed by atoms with Gasteiger partial charge in [-0.3, -0.25) is 0 Å². The molecule has 0 fully saturated rings. The molecular weight excluding hydrogens is 134 g/mol. The Morgan fingerprint density at radius 1 is 1.45 bits per heavy atom. The quantitative estimate of drug-likeness (QED) is 0.596. The van der Waals surface area contributed by atoms with Crippen molar-refractivity contribution in [3.63, 3.8) is 0 Å². The molecule has 0 aromatic heterocycles. The molecule has 2 unspecified atom stereocenters. The number of rotatable bonds is 5. The Labute approximate surface area is 70.6 Å². The summed E-state index contributed by atoms with van der Waals surface area (Å²) in [6.07, 6.45) is 7.80. The minimum Gasteiger partial charge on any atom is -0.304 e. The molecule has 0 aromatic rings. The Balaban J connectivity index is 3.73. The molecule has 0 rings (SSSR count). The van der Waals surface area contributed by atoms with Crippen molar-refractivity contribution in [3.05, 3.63) is 0 Å². The minimum atomic E-state index is 0.264. The van der Waals surface area contributed by atoms with Crippen molar-refractivity contribution in [1.29, 1.82) is 0 Å². The van der Waals surface area contributed by atoms with Crippen LogP contribution in [0.2, 0.25) is 0 Å². The smallest absolute Gasteiger partial charge is 0.0712 e. The molecular formula is C10H19N. The van der Waals surface area contributed by atoms with Gasteiger partial charge >= 0.3 is 0 Å². The molecule has 0 heterocycles. The van der Waals surface area contributed by atoms with Gasteiger partial charge in [0.05, 0.1) is 6.04 Å². The van der Waals surface area contributed by atoms with Gasteiger partial charge in [-0.15, -0.1) is 6.42 Å². The molecule has 11 heavy (non-hydrogen) atoms. The summed E-state index contributed by atoms with van der Waals surface area (Å²) in [4.78, 5) is 0. The molecule has 1 nitrogen and oxygen atoms in total. The highest BCUT2D eigenvalue weighted by Gasteiger charge is 2.11. The summed E-state index contributed by atoms with van der Waals surface area (Å²) in [7, 11) is 0. The van der Waals surface area contributed by atoms with E-state index in [1.54, 1.807) is 0 Å². The van der Waals surface area contributed by atoms with Crippen LogP contribution in [0.25, 0.3) is 0 Å². The summed E-state index contributed by atoms with van der Waals surface area (Å²) in [5.41, 5.74) is 0. The second-order valence-electron chi connectivity index (χ2n) is 2.97. The van der Waals surface area contributed by atoms with Crippen LogP contribution in [-0.4, -0.2) is 12.6 Å². The second kappa shape index (κ2) is 6.24. The maximum Gasteiger partial charge on any atom is 0.0712 e. The van der Waals surface area contributed by atoms with E-state index >= 15 is 0 Å². The first-order valence-electron chi connectivity index (χ1n) is 4.45. The average Bonchev–Trinajstić information content (AvgIpc) is 2.00. The van der Waals surface area contributed by atoms with Gasteiger partial charge in [-0.2, -0.15) is 0 Å². The standard InChI is InChI=1S/C10H19N/c1-5-8-9(4)10(6-2)11-7-3/h2,9-11H,5,7-8H2,1,3-4H3. The van der Waals surface area contributed by atoms with Crippen LogP contribution >= 0.6 is 0 Å². The third-order valence-corrected chi connectivity index (χ3v) is 1.92. The fraction of sp³-hybridized carbons (Fsp3) is 0.800. The van der Waals surface area contributed by atoms with Crippen LogP contribution in [0, 0.1) is 18.3 Å². The van der Waals surface area contributed by atoms with E-state index in [9.17, 15) is 0 Å². The highest BCUT2D eigenvalue weighted by atomic mass is 14.9. The summed E-state index contributed by atoms with van der Waals surface area (Å²) < 4.78 is 0. The molecule has 0 bridgehead atoms. The van der Waals surface area contributed by atoms with Crippen LogP contribution in [0.1, 0.15) is 33.6 Å². The summed E-state index contributed by atoms with van der Waals surface area (Å²) in [6.45, 7) is 7.44. The molecule has 0 saturated carbocycles. The van der Waals surface area contributed by atoms with E-state index in [1.165, 1.54) is 12.8 Å². The van der Waals surface area contributed by atoms with E-state index in [0.717, 1.165) is 6.54 Å². The monoisotopic (exact) mass is 153 g/mol. The number of hydrogen-bond donors (Lipinski definition) is 1. The van der Waals surface area contributed by atoms with Crippen molar-refractivity contribution in [1.82, 2.24) is 5.32 Å². The van der Waals surface area contributed by atoms with Gasteiger partial charge in [-0.25, -0.2) is 0 Å². The first kappa shape index (κ1) is 10.5. The lowest BCUT2D eigenvalue weighted by atomic mass is 9.97. The number of hydrogen-bond acceptors (Lipinski definition) is 1. The average molecular weight is 153 g/mol. The van der Waals surface area contributed by atoms with Gasteiger partial charge in [0, 0.05) is 0 Å². The maximum absolute atomic E-state index is 5.38. The fourth-order valence-corrected chi connectivity index (χ4v) is 1.27. The first-order valence-corrected chi connectivity index (χ1v) is 4.45. The fourth-order valence-electron chi connectivity index (χ4n) is 1.27. The van der Waals surface area contributed by atoms with Gasteiger partial charge in [0.1, 0.15) is 0 Å². The lowest BCUT2D eigenvalue weighted by Gasteiger charge is -2.18. The Morgan fingerprint density at radius 2 is 2.09 bits per heavy atom. The van der Waals surface area contributed by atoms with Crippen LogP contribution in [-0.2, 0) is 0 Å². The third-order valence-electron chi connectivity index (χ3n) is 1.92. The van der Waals surface area contributed by atoms with Crippen molar-refractivity contribution < 1.29 is 0 Å². The summed E-state index contributed by atoms with van der Waals surface area (Å²) >= 11 is 0. The Bertz CT molecular complexity index is 123. The molecule has 0 aliphatic rings. The SMILES string of the molecule is C#CC(NCC)C(C)CCC. The molecule has 0 radical (unpaired) electrons. The highest BCUT2D eigenvalue weighted by molar-refractivity contribution is 5.00. The summed E-state index contributed by atoms with van der Waals surface area (Å²) in [5.74, 6) is 3.38. The van der Waals surface area contributed by atoms with Gasteiger partial charge in [0.25, 0.3) is 0 Å². The predicted molar refractivity (Wildman–Crippen MR) is 50.4 cm³/mol. The summed E-state index contributed by atoms with van der Waals surface area (Å²) in [5, 5.41) is 3.28. The molecule has 1 N–H and O–H groups in total. The maximum atomic E-state index is 5.38. The Morgan fingerprint density at radius 3 is 2.45 bits per heavy atom. The predicted octanol–water partition coefficient (Wildman–Crippen LogP) is 2.03. The van der Waals surface area contributed by atoms with Crippen LogP contribution in [0.4, 0.5) is 0 Å². The van der Waals surface area contributed by atoms with Gasteiger partial charge in [-0.05, 0) is 18.9 Å². The molecule has 0 aliphatic carbocycles. The van der Waals surface area contributed by atoms with Crippen molar-refractivity contribution >= 4 is 0 Å².